The number of hydrogen-bond donors (Lipinski definition) is 0. The van der Waals surface area contributed by atoms with Gasteiger partial charge < -0.3 is 4.90 Å². The quantitative estimate of drug-likeness (QED) is 0.321. The molecule has 186 valence electrons. The second-order valence-corrected chi connectivity index (χ2v) is 11.5. The van der Waals surface area contributed by atoms with Crippen molar-refractivity contribution in [2.45, 2.75) is 31.1 Å². The van der Waals surface area contributed by atoms with E-state index >= 15 is 0 Å². The second-order valence-electron chi connectivity index (χ2n) is 8.07. The van der Waals surface area contributed by atoms with Crippen LogP contribution in [0.15, 0.2) is 63.7 Å². The average Bonchev–Trinajstić information content (AvgIpc) is 3.49. The lowest BCUT2D eigenvalue weighted by Crippen LogP contribution is -2.37. The van der Waals surface area contributed by atoms with Crippen molar-refractivity contribution in [3.05, 3.63) is 94.7 Å². The summed E-state index contributed by atoms with van der Waals surface area (Å²) in [5, 5.41) is 4.06. The molecule has 11 heteroatoms. The normalized spacial score (nSPS) is 15.6. The summed E-state index contributed by atoms with van der Waals surface area (Å²) in [4.78, 5) is 16.3. The van der Waals surface area contributed by atoms with Gasteiger partial charge in [-0.1, -0.05) is 52.9 Å². The lowest BCUT2D eigenvalue weighted by atomic mass is 10.1. The largest absolute Gasteiger partial charge is 0.416 e. The number of benzene rings is 2. The van der Waals surface area contributed by atoms with Crippen LogP contribution in [-0.4, -0.2) is 11.6 Å². The van der Waals surface area contributed by atoms with E-state index < -0.39 is 11.7 Å². The molecule has 5 rings (SSSR count). The van der Waals surface area contributed by atoms with Crippen LogP contribution in [0.1, 0.15) is 23.1 Å². The Balaban J connectivity index is 1.59. The third kappa shape index (κ3) is 4.63. The van der Waals surface area contributed by atoms with Crippen LogP contribution < -0.4 is 24.2 Å². The average molecular weight is 567 g/mol. The maximum Gasteiger partial charge on any atom is 0.416 e. The van der Waals surface area contributed by atoms with E-state index in [0.29, 0.717) is 16.1 Å². The molecule has 36 heavy (non-hydrogen) atoms. The molecule has 0 aliphatic carbocycles. The minimum absolute atomic E-state index is 0.0750. The molecule has 4 aromatic rings. The number of nitrogens with zero attached hydrogens (tertiary/aromatic N) is 3. The van der Waals surface area contributed by atoms with Crippen molar-refractivity contribution in [2.75, 3.05) is 11.9 Å². The zero-order chi connectivity index (χ0) is 25.6. The Labute approximate surface area is 222 Å². The monoisotopic (exact) mass is 566 g/mol. The van der Waals surface area contributed by atoms with Gasteiger partial charge in [0.05, 0.1) is 22.7 Å². The minimum Gasteiger partial charge on any atom is -0.337 e. The second kappa shape index (κ2) is 9.74. The molecule has 1 aliphatic heterocycles. The van der Waals surface area contributed by atoms with Gasteiger partial charge in [-0.05, 0) is 31.2 Å². The summed E-state index contributed by atoms with van der Waals surface area (Å²) >= 11 is 10.5. The number of thiazole rings is 2. The summed E-state index contributed by atoms with van der Waals surface area (Å²) in [6.07, 6.45) is -0.779. The van der Waals surface area contributed by atoms with Crippen LogP contribution in [0.4, 0.5) is 18.9 Å². The Kier molecular flexibility index (Phi) is 6.80. The van der Waals surface area contributed by atoms with Crippen LogP contribution in [0.5, 0.6) is 0 Å². The van der Waals surface area contributed by atoms with Gasteiger partial charge in [-0.3, -0.25) is 9.36 Å². The maximum absolute atomic E-state index is 13.5. The van der Waals surface area contributed by atoms with Crippen molar-refractivity contribution >= 4 is 62.8 Å². The predicted octanol–water partition coefficient (Wildman–Crippen LogP) is 5.14. The Morgan fingerprint density at radius 3 is 2.69 bits per heavy atom. The number of anilines is 1. The lowest BCUT2D eigenvalue weighted by molar-refractivity contribution is -0.685. The van der Waals surface area contributed by atoms with Gasteiger partial charge >= 0.3 is 6.18 Å². The summed E-state index contributed by atoms with van der Waals surface area (Å²) in [7, 11) is 1.92. The first kappa shape index (κ1) is 25.1. The number of alkyl halides is 3. The fraction of sp³-hybridized carbons (Fsp3) is 0.200. The van der Waals surface area contributed by atoms with Crippen molar-refractivity contribution in [1.29, 1.82) is 0 Å². The molecular weight excluding hydrogens is 547 g/mol. The van der Waals surface area contributed by atoms with Gasteiger partial charge in [0.2, 0.25) is 0 Å². The first-order chi connectivity index (χ1) is 17.2. The molecule has 3 heterocycles. The molecule has 1 aliphatic rings. The van der Waals surface area contributed by atoms with Gasteiger partial charge in [0.15, 0.2) is 12.7 Å². The highest BCUT2D eigenvalue weighted by Gasteiger charge is 2.34. The minimum atomic E-state index is -4.42. The van der Waals surface area contributed by atoms with Crippen LogP contribution >= 0.6 is 46.0 Å². The van der Waals surface area contributed by atoms with E-state index in [4.69, 9.17) is 11.6 Å². The molecule has 0 saturated carbocycles. The van der Waals surface area contributed by atoms with Gasteiger partial charge in [0.25, 0.3) is 10.6 Å². The fourth-order valence-corrected chi connectivity index (χ4v) is 7.67. The van der Waals surface area contributed by atoms with Crippen LogP contribution in [0.2, 0.25) is 5.02 Å². The first-order valence-electron chi connectivity index (χ1n) is 11.0. The number of fused-ring (bicyclic) bond motifs is 1. The van der Waals surface area contributed by atoms with E-state index in [1.165, 1.54) is 46.6 Å². The molecule has 0 saturated heterocycles. The van der Waals surface area contributed by atoms with E-state index in [1.807, 2.05) is 48.5 Å². The highest BCUT2D eigenvalue weighted by atomic mass is 35.5. The summed E-state index contributed by atoms with van der Waals surface area (Å²) in [6.45, 7) is 2.46. The highest BCUT2D eigenvalue weighted by molar-refractivity contribution is 8.08. The third-order valence-electron chi connectivity index (χ3n) is 5.84. The smallest absolute Gasteiger partial charge is 0.337 e. The predicted molar refractivity (Wildman–Crippen MR) is 141 cm³/mol. The van der Waals surface area contributed by atoms with Crippen molar-refractivity contribution in [3.8, 4) is 0 Å². The number of thioether (sulfide) groups is 1. The molecule has 2 aromatic heterocycles. The molecule has 0 radical (unpaired) electrons. The summed E-state index contributed by atoms with van der Waals surface area (Å²) in [5.41, 5.74) is 0.447. The summed E-state index contributed by atoms with van der Waals surface area (Å²) < 4.78 is 45.4. The molecule has 0 amide bonds. The summed E-state index contributed by atoms with van der Waals surface area (Å²) in [6, 6.07) is 11.2. The SMILES string of the molecule is CCn1c(=O)/c(=C2\Sc3cc(Cl)ccc3N2C)s/c1=C\c1scc[n+]1Cc1ccccc1C(F)(F)F. The molecule has 2 aromatic carbocycles. The van der Waals surface area contributed by atoms with Crippen LogP contribution in [0.3, 0.4) is 0 Å². The molecule has 0 N–H and O–H groups in total. The van der Waals surface area contributed by atoms with Crippen molar-refractivity contribution < 1.29 is 17.7 Å². The fourth-order valence-electron chi connectivity index (χ4n) is 4.08. The molecule has 0 unspecified atom stereocenters. The van der Waals surface area contributed by atoms with Crippen LogP contribution in [-0.2, 0) is 19.3 Å². The lowest BCUT2D eigenvalue weighted by Gasteiger charge is -2.12. The van der Waals surface area contributed by atoms with Crippen molar-refractivity contribution in [1.82, 2.24) is 4.57 Å². The third-order valence-corrected chi connectivity index (χ3v) is 9.39. The Hall–Kier alpha value is -2.53. The zero-order valence-corrected chi connectivity index (χ0v) is 22.4. The van der Waals surface area contributed by atoms with Crippen LogP contribution in [0.25, 0.3) is 11.1 Å². The zero-order valence-electron chi connectivity index (χ0n) is 19.2. The Bertz CT molecular complexity index is 1640. The van der Waals surface area contributed by atoms with Crippen molar-refractivity contribution in [3.63, 3.8) is 0 Å². The van der Waals surface area contributed by atoms with Gasteiger partial charge in [-0.15, -0.1) is 11.3 Å². The van der Waals surface area contributed by atoms with Crippen molar-refractivity contribution in [2.24, 2.45) is 0 Å². The van der Waals surface area contributed by atoms with Gasteiger partial charge in [0, 0.05) is 29.1 Å². The topological polar surface area (TPSA) is 29.1 Å². The summed E-state index contributed by atoms with van der Waals surface area (Å²) in [5.74, 6) is 0. The highest BCUT2D eigenvalue weighted by Crippen LogP contribution is 2.46. The Morgan fingerprint density at radius 2 is 1.94 bits per heavy atom. The standard InChI is InChI=1S/C25H20ClF3N3OS3/c1-3-32-21(36-22(23(32)33)24-30(2)18-9-8-16(26)12-19(18)35-24)13-20-31(10-11-34-20)14-15-6-4-5-7-17(15)25(27,28)29/h4-13H,3,14H2,1-2H3/q+1/b24-22+. The molecule has 0 atom stereocenters. The number of hydrogen-bond acceptors (Lipinski definition) is 5. The maximum atomic E-state index is 13.5. The number of halogens is 4. The molecule has 0 spiro atoms. The number of rotatable bonds is 4. The number of aromatic nitrogens is 2. The van der Waals surface area contributed by atoms with Gasteiger partial charge in [-0.2, -0.15) is 17.7 Å². The van der Waals surface area contributed by atoms with E-state index in [9.17, 15) is 18.0 Å². The molecule has 0 bridgehead atoms. The Morgan fingerprint density at radius 1 is 1.17 bits per heavy atom. The van der Waals surface area contributed by atoms with E-state index in [0.717, 1.165) is 31.3 Å². The molecular formula is C25H20ClF3N3OS3+. The molecule has 0 fully saturated rings. The van der Waals surface area contributed by atoms with E-state index in [-0.39, 0.29) is 17.7 Å². The molecule has 4 nitrogen and oxygen atoms in total. The first-order valence-corrected chi connectivity index (χ1v) is 13.8. The van der Waals surface area contributed by atoms with Crippen LogP contribution in [0, 0.1) is 0 Å². The van der Waals surface area contributed by atoms with E-state index in [2.05, 4.69) is 0 Å². The van der Waals surface area contributed by atoms with Gasteiger partial charge in [-0.25, -0.2) is 0 Å². The van der Waals surface area contributed by atoms with Gasteiger partial charge in [0.1, 0.15) is 14.2 Å². The van der Waals surface area contributed by atoms with E-state index in [1.54, 1.807) is 21.4 Å².